The molecule has 5 nitrogen and oxygen atoms in total. The van der Waals surface area contributed by atoms with Crippen molar-refractivity contribution in [3.8, 4) is 0 Å². The van der Waals surface area contributed by atoms with Gasteiger partial charge in [-0.3, -0.25) is 0 Å². The van der Waals surface area contributed by atoms with Gasteiger partial charge in [-0.2, -0.15) is 0 Å². The topological polar surface area (TPSA) is 55.6 Å². The lowest BCUT2D eigenvalue weighted by atomic mass is 10.2. The van der Waals surface area contributed by atoms with Crippen LogP contribution in [0.5, 0.6) is 0 Å². The molecule has 0 atom stereocenters. The molecule has 0 amide bonds. The van der Waals surface area contributed by atoms with Gasteiger partial charge in [0.05, 0.1) is 6.54 Å². The van der Waals surface area contributed by atoms with Gasteiger partial charge in [-0.05, 0) is 33.8 Å². The molecule has 2 heterocycles. The summed E-state index contributed by atoms with van der Waals surface area (Å²) in [6.45, 7) is 0.748. The molecule has 1 aliphatic rings. The average molecular weight is 231 g/mol. The van der Waals surface area contributed by atoms with Crippen LogP contribution in [0.4, 0.5) is 0 Å². The highest BCUT2D eigenvalue weighted by Crippen LogP contribution is 2.28. The van der Waals surface area contributed by atoms with E-state index in [2.05, 4.69) is 39.2 Å². The van der Waals surface area contributed by atoms with E-state index in [4.69, 9.17) is 0 Å². The third-order valence-electron chi connectivity index (χ3n) is 2.19. The first-order valence-electron chi connectivity index (χ1n) is 4.87. The number of benzene rings is 1. The van der Waals surface area contributed by atoms with Crippen LogP contribution in [0.25, 0.3) is 6.08 Å². The fraction of sp³-hybridized carbons (Fsp3) is 0.100. The lowest BCUT2D eigenvalue weighted by Crippen LogP contribution is -2.23. The summed E-state index contributed by atoms with van der Waals surface area (Å²) in [6, 6.07) is 10.2. The lowest BCUT2D eigenvalue weighted by Gasteiger charge is -2.15. The predicted octanol–water partition coefficient (Wildman–Crippen LogP) is 1.36. The van der Waals surface area contributed by atoms with Crippen molar-refractivity contribution in [1.82, 2.24) is 20.3 Å². The molecule has 0 bridgehead atoms. The van der Waals surface area contributed by atoms with Crippen molar-refractivity contribution >= 4 is 17.8 Å². The van der Waals surface area contributed by atoms with Crippen LogP contribution < -0.4 is 5.43 Å². The molecule has 16 heavy (non-hydrogen) atoms. The molecule has 1 N–H and O–H groups in total. The number of aromatic nitrogens is 4. The summed E-state index contributed by atoms with van der Waals surface area (Å²) in [6.07, 6.45) is 2.13. The summed E-state index contributed by atoms with van der Waals surface area (Å²) >= 11 is 1.58. The van der Waals surface area contributed by atoms with Crippen LogP contribution in [0, 0.1) is 0 Å². The van der Waals surface area contributed by atoms with Crippen molar-refractivity contribution < 1.29 is 0 Å². The Balaban J connectivity index is 1.86. The van der Waals surface area contributed by atoms with Crippen molar-refractivity contribution in [3.05, 3.63) is 40.8 Å². The Morgan fingerprint density at radius 2 is 2.19 bits per heavy atom. The maximum absolute atomic E-state index is 3.91. The van der Waals surface area contributed by atoms with E-state index in [0.29, 0.717) is 0 Å². The smallest absolute Gasteiger partial charge is 0.235 e. The van der Waals surface area contributed by atoms with Gasteiger partial charge in [-0.15, -0.1) is 4.79 Å². The van der Waals surface area contributed by atoms with Crippen molar-refractivity contribution in [2.45, 2.75) is 5.16 Å². The number of nitrogens with one attached hydrogen (secondary N) is 1. The Bertz CT molecular complexity index is 519. The van der Waals surface area contributed by atoms with Crippen molar-refractivity contribution in [1.29, 1.82) is 0 Å². The molecule has 2 aromatic rings. The normalized spacial score (nSPS) is 16.9. The van der Waals surface area contributed by atoms with Gasteiger partial charge in [0.1, 0.15) is 0 Å². The zero-order valence-corrected chi connectivity index (χ0v) is 9.18. The second-order valence-electron chi connectivity index (χ2n) is 3.33. The molecule has 0 saturated heterocycles. The van der Waals surface area contributed by atoms with Gasteiger partial charge in [-0.25, -0.2) is 0 Å². The van der Waals surface area contributed by atoms with E-state index in [-0.39, 0.29) is 0 Å². The number of hydrogen-bond acceptors (Lipinski definition) is 5. The second-order valence-corrected chi connectivity index (χ2v) is 4.43. The van der Waals surface area contributed by atoms with E-state index < -0.39 is 0 Å². The maximum atomic E-state index is 3.91. The van der Waals surface area contributed by atoms with Gasteiger partial charge in [-0.1, -0.05) is 35.4 Å². The van der Waals surface area contributed by atoms with Gasteiger partial charge < -0.3 is 5.43 Å². The molecule has 1 aromatic carbocycles. The van der Waals surface area contributed by atoms with Gasteiger partial charge in [0, 0.05) is 4.91 Å². The summed E-state index contributed by atoms with van der Waals surface area (Å²) in [5.41, 5.74) is 4.29. The van der Waals surface area contributed by atoms with E-state index in [1.165, 1.54) is 10.5 Å². The van der Waals surface area contributed by atoms with Gasteiger partial charge in [0.15, 0.2) is 0 Å². The van der Waals surface area contributed by atoms with E-state index in [1.54, 1.807) is 16.6 Å². The van der Waals surface area contributed by atoms with Crippen molar-refractivity contribution in [2.24, 2.45) is 0 Å². The molecule has 0 unspecified atom stereocenters. The number of rotatable bonds is 1. The fourth-order valence-electron chi connectivity index (χ4n) is 1.46. The third-order valence-corrected chi connectivity index (χ3v) is 3.16. The first kappa shape index (κ1) is 9.41. The minimum Gasteiger partial charge on any atom is -0.301 e. The zero-order valence-electron chi connectivity index (χ0n) is 8.37. The van der Waals surface area contributed by atoms with Crippen LogP contribution in [-0.4, -0.2) is 26.9 Å². The van der Waals surface area contributed by atoms with E-state index in [1.807, 2.05) is 18.2 Å². The highest BCUT2D eigenvalue weighted by atomic mass is 32.2. The number of fused-ring (bicyclic) bond motifs is 1. The van der Waals surface area contributed by atoms with E-state index >= 15 is 0 Å². The standard InChI is InChI=1S/C10H9N5S/c1-2-4-8(5-3-1)6-9-7-11-15-10(16-9)12-13-14-15/h1-6,11H,7H2. The van der Waals surface area contributed by atoms with Gasteiger partial charge in [0.25, 0.3) is 0 Å². The lowest BCUT2D eigenvalue weighted by molar-refractivity contribution is 0.657. The Kier molecular flexibility index (Phi) is 2.34. The molecule has 1 aliphatic heterocycles. The molecule has 3 rings (SSSR count). The number of nitrogens with zero attached hydrogens (tertiary/aromatic N) is 4. The molecule has 80 valence electrons. The van der Waals surface area contributed by atoms with Gasteiger partial charge >= 0.3 is 0 Å². The maximum Gasteiger partial charge on any atom is 0.235 e. The fourth-order valence-corrected chi connectivity index (χ4v) is 2.29. The van der Waals surface area contributed by atoms with Crippen LogP contribution in [-0.2, 0) is 0 Å². The average Bonchev–Trinajstić information content (AvgIpc) is 2.77. The summed E-state index contributed by atoms with van der Waals surface area (Å²) in [4.78, 5) is 2.79. The quantitative estimate of drug-likeness (QED) is 0.803. The number of tetrazole rings is 1. The minimum atomic E-state index is 0.748. The van der Waals surface area contributed by atoms with Crippen LogP contribution in [0.15, 0.2) is 40.4 Å². The van der Waals surface area contributed by atoms with Crippen LogP contribution in [0.2, 0.25) is 0 Å². The number of thioether (sulfide) groups is 1. The Hall–Kier alpha value is -1.82. The van der Waals surface area contributed by atoms with Crippen molar-refractivity contribution in [3.63, 3.8) is 0 Å². The first-order valence-corrected chi connectivity index (χ1v) is 5.69. The molecule has 0 saturated carbocycles. The molecule has 0 spiro atoms. The number of hydrogen-bond donors (Lipinski definition) is 1. The molecule has 0 fully saturated rings. The third kappa shape index (κ3) is 1.79. The Morgan fingerprint density at radius 1 is 1.31 bits per heavy atom. The first-order chi connectivity index (χ1) is 7.92. The van der Waals surface area contributed by atoms with Crippen molar-refractivity contribution in [2.75, 3.05) is 12.0 Å². The summed E-state index contributed by atoms with van der Waals surface area (Å²) < 4.78 is 0. The summed E-state index contributed by atoms with van der Waals surface area (Å²) in [5, 5.41) is 12.1. The Labute approximate surface area is 96.5 Å². The van der Waals surface area contributed by atoms with Crippen LogP contribution >= 0.6 is 11.8 Å². The summed E-state index contributed by atoms with van der Waals surface area (Å²) in [5.74, 6) is 0. The highest BCUT2D eigenvalue weighted by molar-refractivity contribution is 8.03. The highest BCUT2D eigenvalue weighted by Gasteiger charge is 2.15. The molecule has 0 radical (unpaired) electrons. The van der Waals surface area contributed by atoms with E-state index in [9.17, 15) is 0 Å². The summed E-state index contributed by atoms with van der Waals surface area (Å²) in [7, 11) is 0. The van der Waals surface area contributed by atoms with Crippen LogP contribution in [0.1, 0.15) is 5.56 Å². The predicted molar refractivity (Wildman–Crippen MR) is 62.3 cm³/mol. The SMILES string of the molecule is C(=C1CNn2nnnc2S1)c1ccccc1. The molecule has 1 aromatic heterocycles. The largest absolute Gasteiger partial charge is 0.301 e. The molecular weight excluding hydrogens is 222 g/mol. The zero-order chi connectivity index (χ0) is 10.8. The molecular formula is C10H9N5S. The van der Waals surface area contributed by atoms with Gasteiger partial charge in [0.2, 0.25) is 5.16 Å². The minimum absolute atomic E-state index is 0.748. The monoisotopic (exact) mass is 231 g/mol. The second kappa shape index (κ2) is 3.97. The van der Waals surface area contributed by atoms with E-state index in [0.717, 1.165) is 11.7 Å². The Morgan fingerprint density at radius 3 is 3.06 bits per heavy atom. The molecule has 6 heteroatoms. The molecule has 0 aliphatic carbocycles. The van der Waals surface area contributed by atoms with Crippen LogP contribution in [0.3, 0.4) is 0 Å².